The van der Waals surface area contributed by atoms with E-state index in [4.69, 9.17) is 17.2 Å². The van der Waals surface area contributed by atoms with Crippen LogP contribution < -0.4 is 17.2 Å². The third-order valence-corrected chi connectivity index (χ3v) is 14.7. The lowest BCUT2D eigenvalue weighted by atomic mass is 9.47. The summed E-state index contributed by atoms with van der Waals surface area (Å²) in [5, 5.41) is 0.755. The zero-order valence-corrected chi connectivity index (χ0v) is 32.5. The number of hydrogen-bond donors (Lipinski definition) is 4. The van der Waals surface area contributed by atoms with E-state index < -0.39 is 0 Å². The lowest BCUT2D eigenvalue weighted by Crippen LogP contribution is -2.50. The molecule has 7 heteroatoms. The monoisotopic (exact) mass is 679 g/mol. The number of hydrogen-bond acceptors (Lipinski definition) is 6. The predicted octanol–water partition coefficient (Wildman–Crippen LogP) is 9.00. The molecule has 3 saturated carbocycles. The summed E-state index contributed by atoms with van der Waals surface area (Å²) in [5.74, 6) is 5.74. The van der Waals surface area contributed by atoms with Crippen molar-refractivity contribution in [1.82, 2.24) is 4.90 Å². The molecule has 0 spiro atoms. The summed E-state index contributed by atoms with van der Waals surface area (Å²) in [6, 6.07) is -0.365. The Hall–Kier alpha value is -0.210. The maximum absolute atomic E-state index is 12.1. The average Bonchev–Trinajstić information content (AvgIpc) is 3.39. The fourth-order valence-corrected chi connectivity index (χ4v) is 11.5. The van der Waals surface area contributed by atoms with Gasteiger partial charge in [0.1, 0.15) is 0 Å². The van der Waals surface area contributed by atoms with Crippen molar-refractivity contribution in [3.05, 3.63) is 11.6 Å². The molecule has 4 aliphatic carbocycles. The maximum atomic E-state index is 12.1. The molecule has 0 radical (unpaired) electrons. The van der Waals surface area contributed by atoms with E-state index in [0.29, 0.717) is 30.5 Å². The van der Waals surface area contributed by atoms with Crippen LogP contribution in [0.2, 0.25) is 0 Å². The zero-order valence-electron chi connectivity index (χ0n) is 30.8. The molecular weight excluding hydrogens is 605 g/mol. The molecule has 3 fully saturated rings. The molecule has 9 atom stereocenters. The van der Waals surface area contributed by atoms with Gasteiger partial charge in [0.15, 0.2) is 0 Å². The quantitative estimate of drug-likeness (QED) is 0.0565. The molecule has 0 aromatic carbocycles. The van der Waals surface area contributed by atoms with Crippen LogP contribution in [-0.2, 0) is 4.79 Å². The van der Waals surface area contributed by atoms with E-state index in [1.165, 1.54) is 70.6 Å². The highest BCUT2D eigenvalue weighted by atomic mass is 33.1. The van der Waals surface area contributed by atoms with Crippen molar-refractivity contribution in [2.24, 2.45) is 63.5 Å². The molecule has 5 nitrogen and oxygen atoms in total. The fourth-order valence-electron chi connectivity index (χ4n) is 10.5. The summed E-state index contributed by atoms with van der Waals surface area (Å²) in [4.78, 5) is 13.9. The van der Waals surface area contributed by atoms with Crippen molar-refractivity contribution >= 4 is 28.4 Å². The lowest BCUT2D eigenvalue weighted by Gasteiger charge is -2.58. The fraction of sp³-hybridized carbons (Fsp3) is 0.923. The molecule has 0 saturated heterocycles. The van der Waals surface area contributed by atoms with Crippen molar-refractivity contribution in [3.8, 4) is 0 Å². The second-order valence-corrected chi connectivity index (χ2v) is 18.1. The van der Waals surface area contributed by atoms with Crippen molar-refractivity contribution in [2.45, 2.75) is 156 Å². The molecule has 268 valence electrons. The highest BCUT2D eigenvalue weighted by Crippen LogP contribution is 2.67. The Morgan fingerprint density at radius 3 is 2.33 bits per heavy atom. The van der Waals surface area contributed by atoms with Gasteiger partial charge in [0.05, 0.1) is 6.04 Å². The van der Waals surface area contributed by atoms with Gasteiger partial charge in [0, 0.05) is 18.3 Å². The first kappa shape index (κ1) is 40.2. The van der Waals surface area contributed by atoms with E-state index in [2.05, 4.69) is 52.4 Å². The van der Waals surface area contributed by atoms with Gasteiger partial charge in [-0.1, -0.05) is 89.7 Å². The molecular formula is C39H74N4OS2. The maximum Gasteiger partial charge on any atom is 0.239 e. The SMILES string of the molecule is CC(C)CCCC(C)C1CCC2C3CC=C4CC(SS)CCC4(C)C3CCC12C.CCCC(N)C(=O)N(CCCN)CCCCN. The van der Waals surface area contributed by atoms with Gasteiger partial charge in [-0.05, 0) is 136 Å². The molecule has 4 aliphatic rings. The summed E-state index contributed by atoms with van der Waals surface area (Å²) in [6.45, 7) is 17.5. The Labute approximate surface area is 294 Å². The van der Waals surface area contributed by atoms with Crippen LogP contribution in [0.25, 0.3) is 0 Å². The highest BCUT2D eigenvalue weighted by Gasteiger charge is 2.59. The molecule has 0 aliphatic heterocycles. The Balaban J connectivity index is 0.000000292. The molecule has 6 N–H and O–H groups in total. The average molecular weight is 679 g/mol. The topological polar surface area (TPSA) is 98.4 Å². The normalized spacial score (nSPS) is 33.2. The van der Waals surface area contributed by atoms with Crippen molar-refractivity contribution in [1.29, 1.82) is 0 Å². The van der Waals surface area contributed by atoms with Crippen molar-refractivity contribution < 1.29 is 4.79 Å². The van der Waals surface area contributed by atoms with E-state index in [-0.39, 0.29) is 11.9 Å². The minimum absolute atomic E-state index is 0.0531. The molecule has 4 rings (SSSR count). The van der Waals surface area contributed by atoms with E-state index in [1.807, 2.05) is 28.2 Å². The van der Waals surface area contributed by atoms with E-state index in [9.17, 15) is 4.79 Å². The van der Waals surface area contributed by atoms with Crippen LogP contribution in [0, 0.1) is 46.3 Å². The molecule has 9 unspecified atom stereocenters. The van der Waals surface area contributed by atoms with Crippen LogP contribution in [0.5, 0.6) is 0 Å². The standard InChI is InChI=1S/C27H46S2.C12H28N4O/c1-18(2)7-6-8-19(3)23-11-12-24-22-10-9-20-17-21(29-28)13-15-26(20,4)25(22)14-16-27(23,24)5;1-2-6-11(15)12(17)16(10-5-8-14)9-4-3-7-13/h9,18-19,21-25,28H,6-8,10-17H2,1-5H3;11H,2-10,13-15H2,1H3. The number of carbonyl (C=O) groups is 1. The Morgan fingerprint density at radius 2 is 1.67 bits per heavy atom. The van der Waals surface area contributed by atoms with E-state index in [0.717, 1.165) is 79.4 Å². The molecule has 1 amide bonds. The van der Waals surface area contributed by atoms with Crippen molar-refractivity contribution in [2.75, 3.05) is 26.2 Å². The van der Waals surface area contributed by atoms with Gasteiger partial charge < -0.3 is 22.1 Å². The minimum atomic E-state index is -0.365. The molecule has 0 aromatic rings. The molecule has 0 bridgehead atoms. The Kier molecular flexibility index (Phi) is 16.8. The lowest BCUT2D eigenvalue weighted by molar-refractivity contribution is -0.132. The Morgan fingerprint density at radius 1 is 0.957 bits per heavy atom. The summed E-state index contributed by atoms with van der Waals surface area (Å²) >= 11 is 4.55. The molecule has 0 heterocycles. The Bertz CT molecular complexity index is 945. The number of unbranched alkanes of at least 4 members (excludes halogenated alkanes) is 1. The largest absolute Gasteiger partial charge is 0.341 e. The highest BCUT2D eigenvalue weighted by molar-refractivity contribution is 8.68. The van der Waals surface area contributed by atoms with Gasteiger partial charge >= 0.3 is 0 Å². The van der Waals surface area contributed by atoms with Crippen LogP contribution in [0.15, 0.2) is 11.6 Å². The van der Waals surface area contributed by atoms with Crippen LogP contribution in [0.3, 0.4) is 0 Å². The number of fused-ring (bicyclic) bond motifs is 5. The first-order valence-electron chi connectivity index (χ1n) is 19.4. The predicted molar refractivity (Wildman–Crippen MR) is 205 cm³/mol. The van der Waals surface area contributed by atoms with Gasteiger partial charge in [-0.15, -0.1) is 11.7 Å². The van der Waals surface area contributed by atoms with Gasteiger partial charge in [-0.3, -0.25) is 4.79 Å². The second-order valence-electron chi connectivity index (χ2n) is 16.6. The first-order chi connectivity index (χ1) is 22.0. The van der Waals surface area contributed by atoms with Gasteiger partial charge in [-0.25, -0.2) is 0 Å². The smallest absolute Gasteiger partial charge is 0.239 e. The van der Waals surface area contributed by atoms with Crippen LogP contribution in [-0.4, -0.2) is 48.3 Å². The zero-order chi connectivity index (χ0) is 33.9. The molecule has 0 aromatic heterocycles. The number of allylic oxidation sites excluding steroid dienone is 2. The number of rotatable bonds is 16. The van der Waals surface area contributed by atoms with Crippen LogP contribution in [0.4, 0.5) is 0 Å². The second kappa shape index (κ2) is 19.3. The number of nitrogens with zero attached hydrogens (tertiary/aromatic N) is 1. The van der Waals surface area contributed by atoms with Crippen LogP contribution >= 0.6 is 22.5 Å². The number of amides is 1. The van der Waals surface area contributed by atoms with Gasteiger partial charge in [0.25, 0.3) is 0 Å². The summed E-state index contributed by atoms with van der Waals surface area (Å²) < 4.78 is 0. The number of carbonyl (C=O) groups excluding carboxylic acids is 1. The number of nitrogens with two attached hydrogens (primary N) is 3. The van der Waals surface area contributed by atoms with Crippen LogP contribution in [0.1, 0.15) is 144 Å². The minimum Gasteiger partial charge on any atom is -0.341 e. The summed E-state index contributed by atoms with van der Waals surface area (Å²) in [5.41, 5.74) is 19.7. The van der Waals surface area contributed by atoms with Gasteiger partial charge in [-0.2, -0.15) is 0 Å². The van der Waals surface area contributed by atoms with E-state index >= 15 is 0 Å². The van der Waals surface area contributed by atoms with Gasteiger partial charge in [0.2, 0.25) is 5.91 Å². The number of thiol groups is 1. The summed E-state index contributed by atoms with van der Waals surface area (Å²) in [7, 11) is 1.81. The summed E-state index contributed by atoms with van der Waals surface area (Å²) in [6.07, 6.45) is 22.9. The molecule has 46 heavy (non-hydrogen) atoms. The van der Waals surface area contributed by atoms with E-state index in [1.54, 1.807) is 0 Å². The third kappa shape index (κ3) is 9.94. The third-order valence-electron chi connectivity index (χ3n) is 13.2. The first-order valence-corrected chi connectivity index (χ1v) is 21.3. The van der Waals surface area contributed by atoms with Crippen molar-refractivity contribution in [3.63, 3.8) is 0 Å².